The summed E-state index contributed by atoms with van der Waals surface area (Å²) >= 11 is 5.21. The molecule has 4 aromatic rings. The van der Waals surface area contributed by atoms with Gasteiger partial charge in [0.1, 0.15) is 11.3 Å². The minimum atomic E-state index is 0.516. The van der Waals surface area contributed by atoms with Gasteiger partial charge in [0.15, 0.2) is 0 Å². The molecule has 0 radical (unpaired) electrons. The van der Waals surface area contributed by atoms with E-state index < -0.39 is 0 Å². The number of halogens is 1. The normalized spacial score (nSPS) is 15.8. The van der Waals surface area contributed by atoms with Gasteiger partial charge in [0.05, 0.1) is 21.4 Å². The van der Waals surface area contributed by atoms with Gasteiger partial charge in [-0.2, -0.15) is 4.98 Å². The standard InChI is InChI=1S/C27H31BrN8S/c1-17-16-35(2)12-9-19-6-5-18(13-20(17)19)14-31-27-32-15-21(28)26(34-27)33-23-8-7-22-24(30-11-10-29-22)25(23)36(3)37-4/h5-8,10-11,13,15,17H,9,12,14,16H2,1-4H3,(H2,31,32,33,34). The highest BCUT2D eigenvalue weighted by Gasteiger charge is 2.19. The Labute approximate surface area is 230 Å². The van der Waals surface area contributed by atoms with E-state index in [1.54, 1.807) is 30.5 Å². The van der Waals surface area contributed by atoms with Gasteiger partial charge in [-0.15, -0.1) is 0 Å². The smallest absolute Gasteiger partial charge is 0.224 e. The zero-order valence-corrected chi connectivity index (χ0v) is 23.9. The average molecular weight is 580 g/mol. The van der Waals surface area contributed by atoms with Crippen LogP contribution in [0, 0.1) is 0 Å². The molecular weight excluding hydrogens is 548 g/mol. The summed E-state index contributed by atoms with van der Waals surface area (Å²) in [7, 11) is 4.22. The molecule has 1 unspecified atom stereocenters. The van der Waals surface area contributed by atoms with Crippen LogP contribution in [0.15, 0.2) is 53.4 Å². The summed E-state index contributed by atoms with van der Waals surface area (Å²) < 4.78 is 2.85. The first-order valence-electron chi connectivity index (χ1n) is 12.3. The predicted molar refractivity (Wildman–Crippen MR) is 158 cm³/mol. The van der Waals surface area contributed by atoms with E-state index in [0.717, 1.165) is 46.4 Å². The van der Waals surface area contributed by atoms with E-state index in [2.05, 4.69) is 82.9 Å². The van der Waals surface area contributed by atoms with Crippen LogP contribution in [0.1, 0.15) is 29.5 Å². The first-order valence-corrected chi connectivity index (χ1v) is 14.3. The van der Waals surface area contributed by atoms with Crippen LogP contribution in [0.3, 0.4) is 0 Å². The number of hydrogen-bond donors (Lipinski definition) is 2. The monoisotopic (exact) mass is 578 g/mol. The van der Waals surface area contributed by atoms with Gasteiger partial charge in [0, 0.05) is 51.5 Å². The number of benzene rings is 2. The van der Waals surface area contributed by atoms with Gasteiger partial charge in [-0.05, 0) is 64.1 Å². The van der Waals surface area contributed by atoms with Crippen LogP contribution < -0.4 is 14.9 Å². The third-order valence-electron chi connectivity index (χ3n) is 6.74. The van der Waals surface area contributed by atoms with Crippen molar-refractivity contribution in [1.29, 1.82) is 0 Å². The molecule has 0 spiro atoms. The van der Waals surface area contributed by atoms with Crippen LogP contribution in [-0.4, -0.2) is 58.3 Å². The highest BCUT2D eigenvalue weighted by atomic mass is 79.9. The minimum absolute atomic E-state index is 0.516. The first-order chi connectivity index (χ1) is 17.9. The number of anilines is 4. The number of nitrogens with one attached hydrogen (secondary N) is 2. The van der Waals surface area contributed by atoms with Crippen LogP contribution in [-0.2, 0) is 13.0 Å². The molecule has 10 heteroatoms. The Morgan fingerprint density at radius 3 is 2.84 bits per heavy atom. The van der Waals surface area contributed by atoms with E-state index in [1.165, 1.54) is 16.7 Å². The highest BCUT2D eigenvalue weighted by Crippen LogP contribution is 2.37. The fraction of sp³-hybridized carbons (Fsp3) is 0.333. The molecule has 0 saturated carbocycles. The number of nitrogens with zero attached hydrogens (tertiary/aromatic N) is 6. The molecule has 1 aliphatic rings. The van der Waals surface area contributed by atoms with Crippen molar-refractivity contribution in [2.75, 3.05) is 48.4 Å². The molecule has 0 amide bonds. The molecule has 5 rings (SSSR count). The second-order valence-corrected chi connectivity index (χ2v) is 11.1. The zero-order chi connectivity index (χ0) is 25.9. The maximum Gasteiger partial charge on any atom is 0.224 e. The Hall–Kier alpha value is -2.95. The lowest BCUT2D eigenvalue weighted by molar-refractivity contribution is 0.332. The third-order valence-corrected chi connectivity index (χ3v) is 8.05. The number of aromatic nitrogens is 4. The number of rotatable bonds is 7. The van der Waals surface area contributed by atoms with Crippen LogP contribution >= 0.6 is 27.9 Å². The van der Waals surface area contributed by atoms with Crippen molar-refractivity contribution >= 4 is 62.1 Å². The Kier molecular flexibility index (Phi) is 7.78. The summed E-state index contributed by atoms with van der Waals surface area (Å²) in [5.74, 6) is 1.76. The van der Waals surface area contributed by atoms with Gasteiger partial charge in [-0.3, -0.25) is 9.97 Å². The highest BCUT2D eigenvalue weighted by molar-refractivity contribution is 9.10. The molecule has 1 aliphatic heterocycles. The predicted octanol–water partition coefficient (Wildman–Crippen LogP) is 5.84. The molecule has 3 heterocycles. The first kappa shape index (κ1) is 25.7. The van der Waals surface area contributed by atoms with Gasteiger partial charge in [-0.1, -0.05) is 37.1 Å². The Morgan fingerprint density at radius 2 is 2.00 bits per heavy atom. The van der Waals surface area contributed by atoms with Gasteiger partial charge < -0.3 is 19.8 Å². The fourth-order valence-corrected chi connectivity index (χ4v) is 5.45. The summed E-state index contributed by atoms with van der Waals surface area (Å²) in [6, 6.07) is 10.8. The molecule has 2 N–H and O–H groups in total. The average Bonchev–Trinajstić information content (AvgIpc) is 3.05. The SMILES string of the molecule is CSN(C)c1c(Nc2nc(NCc3ccc4c(c3)C(C)CN(C)CC4)ncc2Br)ccc2nccnc12. The van der Waals surface area contributed by atoms with Crippen molar-refractivity contribution in [3.63, 3.8) is 0 Å². The lowest BCUT2D eigenvalue weighted by atomic mass is 9.93. The van der Waals surface area contributed by atoms with Crippen molar-refractivity contribution in [3.05, 3.63) is 70.1 Å². The molecule has 0 aliphatic carbocycles. The fourth-order valence-electron chi connectivity index (χ4n) is 4.79. The Morgan fingerprint density at radius 1 is 1.16 bits per heavy atom. The third kappa shape index (κ3) is 5.66. The van der Waals surface area contributed by atoms with Crippen molar-refractivity contribution < 1.29 is 0 Å². The zero-order valence-electron chi connectivity index (χ0n) is 21.5. The molecule has 2 aromatic carbocycles. The number of hydrogen-bond acceptors (Lipinski definition) is 9. The van der Waals surface area contributed by atoms with Crippen LogP contribution in [0.5, 0.6) is 0 Å². The largest absolute Gasteiger partial charge is 0.350 e. The molecule has 37 heavy (non-hydrogen) atoms. The van der Waals surface area contributed by atoms with E-state index in [1.807, 2.05) is 25.4 Å². The molecule has 1 atom stereocenters. The Bertz CT molecular complexity index is 1410. The maximum absolute atomic E-state index is 4.77. The van der Waals surface area contributed by atoms with Gasteiger partial charge in [0.25, 0.3) is 0 Å². The summed E-state index contributed by atoms with van der Waals surface area (Å²) in [5.41, 5.74) is 7.65. The van der Waals surface area contributed by atoms with E-state index in [0.29, 0.717) is 24.2 Å². The lowest BCUT2D eigenvalue weighted by Crippen LogP contribution is -2.22. The molecular formula is C27H31BrN8S. The van der Waals surface area contributed by atoms with E-state index in [9.17, 15) is 0 Å². The summed E-state index contributed by atoms with van der Waals surface area (Å²) in [4.78, 5) is 20.7. The van der Waals surface area contributed by atoms with Crippen molar-refractivity contribution in [2.45, 2.75) is 25.8 Å². The molecule has 0 bridgehead atoms. The van der Waals surface area contributed by atoms with Crippen molar-refractivity contribution in [2.24, 2.45) is 0 Å². The van der Waals surface area contributed by atoms with Crippen molar-refractivity contribution in [3.8, 4) is 0 Å². The molecule has 0 saturated heterocycles. The lowest BCUT2D eigenvalue weighted by Gasteiger charge is -2.21. The van der Waals surface area contributed by atoms with Crippen LogP contribution in [0.4, 0.5) is 23.1 Å². The van der Waals surface area contributed by atoms with Crippen LogP contribution in [0.2, 0.25) is 0 Å². The van der Waals surface area contributed by atoms with E-state index >= 15 is 0 Å². The van der Waals surface area contributed by atoms with Gasteiger partial charge >= 0.3 is 0 Å². The molecule has 2 aromatic heterocycles. The van der Waals surface area contributed by atoms with Crippen molar-refractivity contribution in [1.82, 2.24) is 24.8 Å². The Balaban J connectivity index is 1.37. The molecule has 8 nitrogen and oxygen atoms in total. The number of fused-ring (bicyclic) bond motifs is 2. The second-order valence-electron chi connectivity index (χ2n) is 9.38. The number of likely N-dealkylation sites (N-methyl/N-ethyl adjacent to an activating group) is 1. The van der Waals surface area contributed by atoms with E-state index in [4.69, 9.17) is 4.98 Å². The topological polar surface area (TPSA) is 82.1 Å². The quantitative estimate of drug-likeness (QED) is 0.262. The molecule has 0 fully saturated rings. The summed E-state index contributed by atoms with van der Waals surface area (Å²) in [6.45, 7) is 5.16. The summed E-state index contributed by atoms with van der Waals surface area (Å²) in [5, 5.41) is 6.89. The maximum atomic E-state index is 4.77. The summed E-state index contributed by atoms with van der Waals surface area (Å²) in [6.07, 6.45) is 8.33. The second kappa shape index (κ2) is 11.2. The van der Waals surface area contributed by atoms with Gasteiger partial charge in [-0.25, -0.2) is 4.98 Å². The molecule has 192 valence electrons. The minimum Gasteiger partial charge on any atom is -0.350 e. The van der Waals surface area contributed by atoms with E-state index in [-0.39, 0.29) is 0 Å². The van der Waals surface area contributed by atoms with Crippen LogP contribution in [0.25, 0.3) is 11.0 Å². The van der Waals surface area contributed by atoms with Gasteiger partial charge in [0.2, 0.25) is 5.95 Å².